The minimum Gasteiger partial charge on any atom is -0.444 e. The van der Waals surface area contributed by atoms with Crippen LogP contribution >= 0.6 is 0 Å². The van der Waals surface area contributed by atoms with Crippen molar-refractivity contribution in [3.8, 4) is 0 Å². The molecule has 1 aliphatic rings. The Morgan fingerprint density at radius 3 is 2.44 bits per heavy atom. The van der Waals surface area contributed by atoms with Gasteiger partial charge >= 0.3 is 6.09 Å². The van der Waals surface area contributed by atoms with Crippen LogP contribution in [0.5, 0.6) is 0 Å². The van der Waals surface area contributed by atoms with E-state index in [0.29, 0.717) is 37.9 Å². The van der Waals surface area contributed by atoms with Crippen LogP contribution in [0.3, 0.4) is 0 Å². The Morgan fingerprint density at radius 1 is 1.26 bits per heavy atom. The van der Waals surface area contributed by atoms with Gasteiger partial charge in [0.2, 0.25) is 5.91 Å². The van der Waals surface area contributed by atoms with Crippen molar-refractivity contribution in [1.82, 2.24) is 25.2 Å². The van der Waals surface area contributed by atoms with Gasteiger partial charge in [0.25, 0.3) is 0 Å². The van der Waals surface area contributed by atoms with Crippen molar-refractivity contribution in [2.75, 3.05) is 13.1 Å². The van der Waals surface area contributed by atoms with Crippen LogP contribution in [-0.2, 0) is 16.1 Å². The van der Waals surface area contributed by atoms with E-state index in [-0.39, 0.29) is 18.0 Å². The predicted octanol–water partition coefficient (Wildman–Crippen LogP) is 2.46. The van der Waals surface area contributed by atoms with Crippen LogP contribution in [0.1, 0.15) is 53.9 Å². The van der Waals surface area contributed by atoms with Gasteiger partial charge in [-0.15, -0.1) is 5.10 Å². The molecular formula is C19H33N5O3. The van der Waals surface area contributed by atoms with Crippen molar-refractivity contribution < 1.29 is 14.3 Å². The fourth-order valence-electron chi connectivity index (χ4n) is 3.13. The molecule has 1 fully saturated rings. The van der Waals surface area contributed by atoms with Crippen LogP contribution in [0.15, 0.2) is 12.4 Å². The zero-order chi connectivity index (χ0) is 20.0. The van der Waals surface area contributed by atoms with Gasteiger partial charge in [0.15, 0.2) is 0 Å². The molecule has 1 atom stereocenters. The van der Waals surface area contributed by atoms with Crippen molar-refractivity contribution in [2.45, 2.75) is 72.1 Å². The second kappa shape index (κ2) is 9.19. The fraction of sp³-hybridized carbons (Fsp3) is 0.789. The lowest BCUT2D eigenvalue weighted by atomic mass is 9.93. The molecule has 0 aliphatic carbocycles. The summed E-state index contributed by atoms with van der Waals surface area (Å²) in [6.45, 7) is 11.7. The molecule has 0 bridgehead atoms. The predicted molar refractivity (Wildman–Crippen MR) is 102 cm³/mol. The zero-order valence-electron chi connectivity index (χ0n) is 17.1. The van der Waals surface area contributed by atoms with Gasteiger partial charge in [0, 0.05) is 25.7 Å². The van der Waals surface area contributed by atoms with Gasteiger partial charge in [-0.3, -0.25) is 9.48 Å². The quantitative estimate of drug-likeness (QED) is 0.820. The highest BCUT2D eigenvalue weighted by atomic mass is 16.6. The van der Waals surface area contributed by atoms with Gasteiger partial charge in [-0.05, 0) is 45.4 Å². The Kier molecular flexibility index (Phi) is 7.21. The van der Waals surface area contributed by atoms with Gasteiger partial charge in [0.05, 0.1) is 18.8 Å². The molecule has 2 rings (SSSR count). The van der Waals surface area contributed by atoms with Crippen LogP contribution in [-0.4, -0.2) is 56.6 Å². The van der Waals surface area contributed by atoms with E-state index in [2.05, 4.69) is 29.5 Å². The molecule has 27 heavy (non-hydrogen) atoms. The second-order valence-electron chi connectivity index (χ2n) is 8.66. The van der Waals surface area contributed by atoms with E-state index in [0.717, 1.165) is 12.8 Å². The lowest BCUT2D eigenvalue weighted by molar-refractivity contribution is -0.123. The number of likely N-dealkylation sites (tertiary alicyclic amines) is 1. The number of amides is 2. The normalized spacial score (nSPS) is 17.0. The molecule has 1 saturated heterocycles. The summed E-state index contributed by atoms with van der Waals surface area (Å²) in [6.07, 6.45) is 5.30. The molecule has 0 unspecified atom stereocenters. The number of rotatable bonds is 6. The number of carbonyl (C=O) groups excluding carboxylic acids is 2. The molecule has 8 heteroatoms. The molecule has 2 amide bonds. The van der Waals surface area contributed by atoms with Gasteiger partial charge in [-0.1, -0.05) is 19.1 Å². The maximum absolute atomic E-state index is 12.5. The summed E-state index contributed by atoms with van der Waals surface area (Å²) in [4.78, 5) is 26.4. The van der Waals surface area contributed by atoms with Gasteiger partial charge in [-0.25, -0.2) is 4.79 Å². The van der Waals surface area contributed by atoms with Crippen LogP contribution in [0.25, 0.3) is 0 Å². The maximum Gasteiger partial charge on any atom is 0.410 e. The minimum atomic E-state index is -0.482. The van der Waals surface area contributed by atoms with Gasteiger partial charge in [0.1, 0.15) is 5.60 Å². The van der Waals surface area contributed by atoms with E-state index in [1.165, 1.54) is 0 Å². The second-order valence-corrected chi connectivity index (χ2v) is 8.66. The number of hydrogen-bond donors (Lipinski definition) is 1. The van der Waals surface area contributed by atoms with E-state index in [1.807, 2.05) is 20.8 Å². The maximum atomic E-state index is 12.5. The van der Waals surface area contributed by atoms with Crippen molar-refractivity contribution in [1.29, 1.82) is 0 Å². The first-order valence-electron chi connectivity index (χ1n) is 9.75. The average Bonchev–Trinajstić information content (AvgIpc) is 3.06. The summed E-state index contributed by atoms with van der Waals surface area (Å²) >= 11 is 0. The lowest BCUT2D eigenvalue weighted by Gasteiger charge is -2.33. The van der Waals surface area contributed by atoms with Crippen LogP contribution in [0.4, 0.5) is 4.79 Å². The molecule has 8 nitrogen and oxygen atoms in total. The third kappa shape index (κ3) is 7.19. The minimum absolute atomic E-state index is 0.0149. The molecule has 0 saturated carbocycles. The highest BCUT2D eigenvalue weighted by Gasteiger charge is 2.28. The van der Waals surface area contributed by atoms with Crippen LogP contribution in [0.2, 0.25) is 0 Å². The number of aromatic nitrogens is 3. The smallest absolute Gasteiger partial charge is 0.410 e. The lowest BCUT2D eigenvalue weighted by Crippen LogP contribution is -2.44. The summed E-state index contributed by atoms with van der Waals surface area (Å²) in [5.41, 5.74) is -0.482. The Hall–Kier alpha value is -2.12. The molecule has 1 N–H and O–H groups in total. The summed E-state index contributed by atoms with van der Waals surface area (Å²) in [7, 11) is 0. The Balaban J connectivity index is 1.77. The number of hydrogen-bond acceptors (Lipinski definition) is 5. The van der Waals surface area contributed by atoms with E-state index >= 15 is 0 Å². The Bertz CT molecular complexity index is 601. The van der Waals surface area contributed by atoms with E-state index in [9.17, 15) is 9.59 Å². The van der Waals surface area contributed by atoms with Crippen molar-refractivity contribution >= 4 is 12.0 Å². The van der Waals surface area contributed by atoms with Gasteiger partial charge in [-0.2, -0.15) is 0 Å². The van der Waals surface area contributed by atoms with E-state index in [4.69, 9.17) is 4.74 Å². The van der Waals surface area contributed by atoms with Crippen molar-refractivity contribution in [3.63, 3.8) is 0 Å². The Labute approximate surface area is 161 Å². The first kappa shape index (κ1) is 21.2. The first-order chi connectivity index (χ1) is 12.6. The van der Waals surface area contributed by atoms with Crippen molar-refractivity contribution in [3.05, 3.63) is 12.4 Å². The topological polar surface area (TPSA) is 89.4 Å². The largest absolute Gasteiger partial charge is 0.444 e. The number of carbonyl (C=O) groups is 2. The number of ether oxygens (including phenoxy) is 1. The molecule has 0 spiro atoms. The summed E-state index contributed by atoms with van der Waals surface area (Å²) in [5.74, 6) is 0.652. The third-order valence-corrected chi connectivity index (χ3v) is 4.75. The highest BCUT2D eigenvalue weighted by Crippen LogP contribution is 2.22. The first-order valence-corrected chi connectivity index (χ1v) is 9.75. The van der Waals surface area contributed by atoms with Gasteiger partial charge < -0.3 is 15.0 Å². The SMILES string of the molecule is CC(C)[C@H](Cn1ccnn1)NC(=O)CC1CCN(C(=O)OC(C)(C)C)CC1. The van der Waals surface area contributed by atoms with Crippen LogP contribution in [0, 0.1) is 11.8 Å². The van der Waals surface area contributed by atoms with E-state index in [1.54, 1.807) is 22.0 Å². The summed E-state index contributed by atoms with van der Waals surface area (Å²) in [5, 5.41) is 10.9. The zero-order valence-corrected chi connectivity index (χ0v) is 17.1. The molecule has 1 aliphatic heterocycles. The molecule has 0 aromatic carbocycles. The third-order valence-electron chi connectivity index (χ3n) is 4.75. The van der Waals surface area contributed by atoms with Crippen LogP contribution < -0.4 is 5.32 Å². The standard InChI is InChI=1S/C19H33N5O3/c1-14(2)16(13-24-11-8-20-22-24)21-17(25)12-15-6-9-23(10-7-15)18(26)27-19(3,4)5/h8,11,14-16H,6-7,9-10,12-13H2,1-5H3,(H,21,25)/t16-/m0/s1. The Morgan fingerprint density at radius 2 is 1.93 bits per heavy atom. The molecular weight excluding hydrogens is 346 g/mol. The fourth-order valence-corrected chi connectivity index (χ4v) is 3.13. The van der Waals surface area contributed by atoms with Crippen molar-refractivity contribution in [2.24, 2.45) is 11.8 Å². The average molecular weight is 380 g/mol. The molecule has 1 aromatic rings. The summed E-state index contributed by atoms with van der Waals surface area (Å²) in [6, 6.07) is 0.0149. The van der Waals surface area contributed by atoms with E-state index < -0.39 is 5.60 Å². The molecule has 152 valence electrons. The molecule has 1 aromatic heterocycles. The number of nitrogens with one attached hydrogen (secondary N) is 1. The molecule has 2 heterocycles. The monoisotopic (exact) mass is 379 g/mol. The number of piperidine rings is 1. The molecule has 0 radical (unpaired) electrons. The summed E-state index contributed by atoms with van der Waals surface area (Å²) < 4.78 is 7.16. The highest BCUT2D eigenvalue weighted by molar-refractivity contribution is 5.76. The number of nitrogens with zero attached hydrogens (tertiary/aromatic N) is 4.